The molecule has 0 aliphatic carbocycles. The predicted octanol–water partition coefficient (Wildman–Crippen LogP) is 1.82. The molecule has 0 spiro atoms. The number of hydrogen-bond donors (Lipinski definition) is 2. The molecule has 0 radical (unpaired) electrons. The van der Waals surface area contributed by atoms with E-state index in [9.17, 15) is 13.2 Å². The van der Waals surface area contributed by atoms with Crippen molar-refractivity contribution in [3.05, 3.63) is 34.3 Å². The number of nitrogens with two attached hydrogens (primary N) is 1. The van der Waals surface area contributed by atoms with Crippen LogP contribution in [0.15, 0.2) is 34.2 Å². The van der Waals surface area contributed by atoms with Gasteiger partial charge in [-0.2, -0.15) is 0 Å². The molecule has 1 aromatic carbocycles. The van der Waals surface area contributed by atoms with Crippen molar-refractivity contribution in [3.63, 3.8) is 0 Å². The molecule has 3 N–H and O–H groups in total. The monoisotopic (exact) mass is 396 g/mol. The van der Waals surface area contributed by atoms with Gasteiger partial charge in [-0.25, -0.2) is 13.6 Å². The van der Waals surface area contributed by atoms with Crippen molar-refractivity contribution >= 4 is 43.5 Å². The quantitative estimate of drug-likeness (QED) is 0.715. The Kier molecular flexibility index (Phi) is 6.21. The lowest BCUT2D eigenvalue weighted by molar-refractivity contribution is -0.127. The summed E-state index contributed by atoms with van der Waals surface area (Å²) in [6.45, 7) is 5.20. The Morgan fingerprint density at radius 3 is 2.76 bits per heavy atom. The second kappa shape index (κ2) is 7.26. The van der Waals surface area contributed by atoms with Crippen molar-refractivity contribution < 1.29 is 17.9 Å². The zero-order chi connectivity index (χ0) is 16.2. The Hall–Kier alpha value is -1.09. The lowest BCUT2D eigenvalue weighted by Crippen LogP contribution is -2.36. The van der Waals surface area contributed by atoms with Gasteiger partial charge in [0.05, 0.1) is 5.02 Å². The maximum Gasteiger partial charge on any atom is 0.261 e. The van der Waals surface area contributed by atoms with Gasteiger partial charge in [0.25, 0.3) is 5.91 Å². The summed E-state index contributed by atoms with van der Waals surface area (Å²) in [4.78, 5) is 11.4. The van der Waals surface area contributed by atoms with Crippen LogP contribution in [0.1, 0.15) is 6.92 Å². The molecule has 1 rings (SSSR count). The SMILES string of the molecule is C=CCNC(=O)C(C)Oc1c(Cl)cc(Br)cc1S(N)(=O)=O. The summed E-state index contributed by atoms with van der Waals surface area (Å²) in [6, 6.07) is 2.70. The molecule has 0 aromatic heterocycles. The van der Waals surface area contributed by atoms with E-state index in [1.807, 2.05) is 0 Å². The maximum atomic E-state index is 11.7. The molecule has 0 saturated carbocycles. The summed E-state index contributed by atoms with van der Waals surface area (Å²) in [5, 5.41) is 7.68. The zero-order valence-corrected chi connectivity index (χ0v) is 14.3. The predicted molar refractivity (Wildman–Crippen MR) is 83.8 cm³/mol. The Morgan fingerprint density at radius 2 is 2.24 bits per heavy atom. The number of amides is 1. The summed E-state index contributed by atoms with van der Waals surface area (Å²) < 4.78 is 29.0. The van der Waals surface area contributed by atoms with Crippen LogP contribution in [0.2, 0.25) is 5.02 Å². The molecule has 1 aromatic rings. The summed E-state index contributed by atoms with van der Waals surface area (Å²) in [6.07, 6.45) is 0.552. The van der Waals surface area contributed by atoms with Crippen LogP contribution in [0.5, 0.6) is 5.75 Å². The van der Waals surface area contributed by atoms with E-state index >= 15 is 0 Å². The van der Waals surface area contributed by atoms with Gasteiger partial charge in [-0.05, 0) is 19.1 Å². The number of primary sulfonamides is 1. The topological polar surface area (TPSA) is 98.5 Å². The normalized spacial score (nSPS) is 12.6. The fraction of sp³-hybridized carbons (Fsp3) is 0.250. The van der Waals surface area contributed by atoms with Crippen molar-refractivity contribution in [2.24, 2.45) is 5.14 Å². The van der Waals surface area contributed by atoms with Crippen molar-refractivity contribution in [1.29, 1.82) is 0 Å². The largest absolute Gasteiger partial charge is 0.478 e. The smallest absolute Gasteiger partial charge is 0.261 e. The number of nitrogens with one attached hydrogen (secondary N) is 1. The van der Waals surface area contributed by atoms with E-state index in [-0.39, 0.29) is 22.2 Å². The van der Waals surface area contributed by atoms with Crippen LogP contribution in [0.4, 0.5) is 0 Å². The van der Waals surface area contributed by atoms with Gasteiger partial charge in [-0.3, -0.25) is 4.79 Å². The van der Waals surface area contributed by atoms with E-state index in [0.717, 1.165) is 0 Å². The third-order valence-electron chi connectivity index (χ3n) is 2.37. The molecule has 21 heavy (non-hydrogen) atoms. The second-order valence-corrected chi connectivity index (χ2v) is 6.91. The zero-order valence-electron chi connectivity index (χ0n) is 11.1. The first kappa shape index (κ1) is 18.0. The Bertz CT molecular complexity index is 663. The highest BCUT2D eigenvalue weighted by atomic mass is 79.9. The first-order valence-electron chi connectivity index (χ1n) is 5.74. The van der Waals surface area contributed by atoms with E-state index in [2.05, 4.69) is 27.8 Å². The van der Waals surface area contributed by atoms with Crippen LogP contribution in [-0.2, 0) is 14.8 Å². The van der Waals surface area contributed by atoms with E-state index in [0.29, 0.717) is 4.47 Å². The number of benzene rings is 1. The average molecular weight is 398 g/mol. The van der Waals surface area contributed by atoms with E-state index in [1.54, 1.807) is 0 Å². The van der Waals surface area contributed by atoms with Crippen molar-refractivity contribution in [2.45, 2.75) is 17.9 Å². The third-order valence-corrected chi connectivity index (χ3v) is 4.02. The van der Waals surface area contributed by atoms with E-state index < -0.39 is 22.0 Å². The number of ether oxygens (including phenoxy) is 1. The molecule has 0 saturated heterocycles. The van der Waals surface area contributed by atoms with Gasteiger partial charge in [-0.15, -0.1) is 6.58 Å². The van der Waals surface area contributed by atoms with Crippen LogP contribution in [0, 0.1) is 0 Å². The number of hydrogen-bond acceptors (Lipinski definition) is 4. The molecule has 1 atom stereocenters. The summed E-state index contributed by atoms with van der Waals surface area (Å²) in [7, 11) is -4.05. The van der Waals surface area contributed by atoms with Crippen LogP contribution in [0.25, 0.3) is 0 Å². The first-order chi connectivity index (χ1) is 9.66. The number of carbonyl (C=O) groups excluding carboxylic acids is 1. The minimum Gasteiger partial charge on any atom is -0.478 e. The Labute approximate surface area is 136 Å². The van der Waals surface area contributed by atoms with Crippen molar-refractivity contribution in [3.8, 4) is 5.75 Å². The summed E-state index contributed by atoms with van der Waals surface area (Å²) in [5.41, 5.74) is 0. The minimum atomic E-state index is -4.05. The fourth-order valence-electron chi connectivity index (χ4n) is 1.41. The molecule has 0 fully saturated rings. The van der Waals surface area contributed by atoms with Crippen LogP contribution >= 0.6 is 27.5 Å². The number of rotatable bonds is 6. The number of carbonyl (C=O) groups is 1. The number of sulfonamides is 1. The maximum absolute atomic E-state index is 11.7. The molecule has 1 unspecified atom stereocenters. The van der Waals surface area contributed by atoms with Crippen LogP contribution in [0.3, 0.4) is 0 Å². The summed E-state index contributed by atoms with van der Waals surface area (Å²) >= 11 is 9.09. The van der Waals surface area contributed by atoms with E-state index in [1.165, 1.54) is 25.1 Å². The summed E-state index contributed by atoms with van der Waals surface area (Å²) in [5.74, 6) is -0.599. The molecular weight excluding hydrogens is 384 g/mol. The van der Waals surface area contributed by atoms with Gasteiger partial charge in [0.1, 0.15) is 4.90 Å². The molecule has 6 nitrogen and oxygen atoms in total. The van der Waals surface area contributed by atoms with Crippen molar-refractivity contribution in [2.75, 3.05) is 6.54 Å². The molecule has 116 valence electrons. The third kappa shape index (κ3) is 4.99. The average Bonchev–Trinajstić information content (AvgIpc) is 2.37. The fourth-order valence-corrected chi connectivity index (χ4v) is 3.18. The number of halogens is 2. The highest BCUT2D eigenvalue weighted by Crippen LogP contribution is 2.35. The highest BCUT2D eigenvalue weighted by Gasteiger charge is 2.23. The standard InChI is InChI=1S/C12H14BrClN2O4S/c1-3-4-16-12(17)7(2)20-11-9(14)5-8(13)6-10(11)21(15,18)19/h3,5-7H,1,4H2,2H3,(H,16,17)(H2,15,18,19). The Morgan fingerprint density at radius 1 is 1.62 bits per heavy atom. The molecular formula is C12H14BrClN2O4S. The van der Waals surface area contributed by atoms with Gasteiger partial charge >= 0.3 is 0 Å². The molecule has 1 amide bonds. The molecule has 0 bridgehead atoms. The Balaban J connectivity index is 3.13. The minimum absolute atomic E-state index is 0.0248. The molecule has 0 heterocycles. The van der Waals surface area contributed by atoms with Gasteiger partial charge in [0, 0.05) is 11.0 Å². The van der Waals surface area contributed by atoms with Crippen molar-refractivity contribution in [1.82, 2.24) is 5.32 Å². The molecule has 0 aliphatic heterocycles. The van der Waals surface area contributed by atoms with Gasteiger partial charge < -0.3 is 10.1 Å². The second-order valence-electron chi connectivity index (χ2n) is 4.05. The van der Waals surface area contributed by atoms with E-state index in [4.69, 9.17) is 21.5 Å². The van der Waals surface area contributed by atoms with Crippen LogP contribution < -0.4 is 15.2 Å². The molecule has 9 heteroatoms. The molecule has 0 aliphatic rings. The van der Waals surface area contributed by atoms with Gasteiger partial charge in [0.15, 0.2) is 11.9 Å². The highest BCUT2D eigenvalue weighted by molar-refractivity contribution is 9.10. The van der Waals surface area contributed by atoms with Crippen LogP contribution in [-0.4, -0.2) is 27.0 Å². The van der Waals surface area contributed by atoms with Gasteiger partial charge in [-0.1, -0.05) is 33.6 Å². The lowest BCUT2D eigenvalue weighted by Gasteiger charge is -2.17. The van der Waals surface area contributed by atoms with Gasteiger partial charge in [0.2, 0.25) is 10.0 Å². The lowest BCUT2D eigenvalue weighted by atomic mass is 10.3. The first-order valence-corrected chi connectivity index (χ1v) is 8.45.